The lowest BCUT2D eigenvalue weighted by molar-refractivity contribution is -0.00801. The van der Waals surface area contributed by atoms with E-state index in [1.54, 1.807) is 7.11 Å². The molecule has 1 fully saturated rings. The average molecular weight is 261 g/mol. The van der Waals surface area contributed by atoms with Crippen LogP contribution in [0.2, 0.25) is 0 Å². The van der Waals surface area contributed by atoms with Gasteiger partial charge in [0.05, 0.1) is 13.2 Å². The Morgan fingerprint density at radius 2 is 2.26 bits per heavy atom. The van der Waals surface area contributed by atoms with Gasteiger partial charge < -0.3 is 9.47 Å². The van der Waals surface area contributed by atoms with Gasteiger partial charge in [0, 0.05) is 26.2 Å². The van der Waals surface area contributed by atoms with Crippen molar-refractivity contribution in [2.75, 3.05) is 26.8 Å². The molecule has 104 valence electrons. The molecule has 1 unspecified atom stereocenters. The van der Waals surface area contributed by atoms with E-state index in [0.717, 1.165) is 38.4 Å². The maximum atomic E-state index is 5.84. The molecule has 0 spiro atoms. The molecule has 2 aliphatic rings. The smallest absolute Gasteiger partial charge is 0.119 e. The molecule has 2 heterocycles. The van der Waals surface area contributed by atoms with Crippen LogP contribution >= 0.6 is 0 Å². The van der Waals surface area contributed by atoms with Gasteiger partial charge in [-0.05, 0) is 48.9 Å². The largest absolute Gasteiger partial charge is 0.497 e. The first-order chi connectivity index (χ1) is 9.35. The van der Waals surface area contributed by atoms with Gasteiger partial charge in [0.25, 0.3) is 0 Å². The summed E-state index contributed by atoms with van der Waals surface area (Å²) in [6.45, 7) is 4.23. The zero-order chi connectivity index (χ0) is 13.1. The highest BCUT2D eigenvalue weighted by atomic mass is 16.5. The summed E-state index contributed by atoms with van der Waals surface area (Å²) in [5, 5.41) is 0. The molecule has 1 saturated heterocycles. The van der Waals surface area contributed by atoms with Gasteiger partial charge in [-0.2, -0.15) is 0 Å². The fourth-order valence-corrected chi connectivity index (χ4v) is 3.11. The first-order valence-electron chi connectivity index (χ1n) is 7.35. The van der Waals surface area contributed by atoms with Crippen molar-refractivity contribution in [3.8, 4) is 5.75 Å². The van der Waals surface area contributed by atoms with E-state index in [1.807, 2.05) is 0 Å². The van der Waals surface area contributed by atoms with E-state index < -0.39 is 0 Å². The molecule has 0 radical (unpaired) electrons. The van der Waals surface area contributed by atoms with Gasteiger partial charge >= 0.3 is 0 Å². The van der Waals surface area contributed by atoms with Crippen molar-refractivity contribution >= 4 is 0 Å². The summed E-state index contributed by atoms with van der Waals surface area (Å²) >= 11 is 0. The zero-order valence-electron chi connectivity index (χ0n) is 11.7. The Bertz CT molecular complexity index is 427. The Hall–Kier alpha value is -1.06. The maximum absolute atomic E-state index is 5.84. The molecule has 0 N–H and O–H groups in total. The van der Waals surface area contributed by atoms with E-state index >= 15 is 0 Å². The molecular formula is C16H23NO2. The van der Waals surface area contributed by atoms with E-state index in [-0.39, 0.29) is 0 Å². The van der Waals surface area contributed by atoms with Crippen LogP contribution in [0.15, 0.2) is 18.2 Å². The molecule has 0 aromatic heterocycles. The molecule has 1 atom stereocenters. The minimum absolute atomic E-state index is 0.452. The summed E-state index contributed by atoms with van der Waals surface area (Å²) in [5.74, 6) is 0.975. The Kier molecular flexibility index (Phi) is 4.04. The van der Waals surface area contributed by atoms with Crippen molar-refractivity contribution in [1.82, 2.24) is 4.90 Å². The van der Waals surface area contributed by atoms with Crippen LogP contribution < -0.4 is 4.74 Å². The molecule has 3 nitrogen and oxygen atoms in total. The number of hydrogen-bond donors (Lipinski definition) is 0. The molecular weight excluding hydrogens is 238 g/mol. The van der Waals surface area contributed by atoms with Gasteiger partial charge in [0.15, 0.2) is 0 Å². The highest BCUT2D eigenvalue weighted by molar-refractivity contribution is 5.37. The van der Waals surface area contributed by atoms with Crippen LogP contribution in [0.5, 0.6) is 5.75 Å². The molecule has 19 heavy (non-hydrogen) atoms. The number of benzene rings is 1. The molecule has 2 aliphatic heterocycles. The Morgan fingerprint density at radius 1 is 1.32 bits per heavy atom. The minimum atomic E-state index is 0.452. The van der Waals surface area contributed by atoms with Crippen LogP contribution in [-0.4, -0.2) is 37.8 Å². The zero-order valence-corrected chi connectivity index (χ0v) is 11.7. The number of rotatable bonds is 3. The molecule has 3 rings (SSSR count). The molecule has 0 amide bonds. The highest BCUT2D eigenvalue weighted by Gasteiger charge is 2.21. The second-order valence-electron chi connectivity index (χ2n) is 5.61. The summed E-state index contributed by atoms with van der Waals surface area (Å²) in [7, 11) is 1.73. The molecule has 0 saturated carbocycles. The SMILES string of the molecule is COc1ccc2c(c1)CCN(CC1CCCCO1)C2. The first-order valence-corrected chi connectivity index (χ1v) is 7.35. The standard InChI is InChI=1S/C16H23NO2/c1-18-15-6-5-14-11-17(8-7-13(14)10-15)12-16-4-2-3-9-19-16/h5-6,10,16H,2-4,7-9,11-12H2,1H3. The van der Waals surface area contributed by atoms with Crippen molar-refractivity contribution in [1.29, 1.82) is 0 Å². The first kappa shape index (κ1) is 12.9. The maximum Gasteiger partial charge on any atom is 0.119 e. The topological polar surface area (TPSA) is 21.7 Å². The summed E-state index contributed by atoms with van der Waals surface area (Å²) < 4.78 is 11.1. The van der Waals surface area contributed by atoms with Gasteiger partial charge in [0.1, 0.15) is 5.75 Å². The summed E-state index contributed by atoms with van der Waals surface area (Å²) in [6, 6.07) is 6.46. The van der Waals surface area contributed by atoms with Crippen LogP contribution in [0.4, 0.5) is 0 Å². The minimum Gasteiger partial charge on any atom is -0.497 e. The highest BCUT2D eigenvalue weighted by Crippen LogP contribution is 2.24. The predicted molar refractivity (Wildman–Crippen MR) is 75.6 cm³/mol. The van der Waals surface area contributed by atoms with Gasteiger partial charge in [-0.15, -0.1) is 0 Å². The Balaban J connectivity index is 1.61. The van der Waals surface area contributed by atoms with Crippen LogP contribution in [0.1, 0.15) is 30.4 Å². The van der Waals surface area contributed by atoms with E-state index in [2.05, 4.69) is 23.1 Å². The fraction of sp³-hybridized carbons (Fsp3) is 0.625. The third-order valence-electron chi connectivity index (χ3n) is 4.24. The third kappa shape index (κ3) is 3.10. The van der Waals surface area contributed by atoms with Crippen molar-refractivity contribution in [2.24, 2.45) is 0 Å². The van der Waals surface area contributed by atoms with Crippen molar-refractivity contribution < 1.29 is 9.47 Å². The normalized spacial score (nSPS) is 23.9. The molecule has 3 heteroatoms. The lowest BCUT2D eigenvalue weighted by Crippen LogP contribution is -2.38. The second-order valence-corrected chi connectivity index (χ2v) is 5.61. The number of nitrogens with zero attached hydrogens (tertiary/aromatic N) is 1. The summed E-state index contributed by atoms with van der Waals surface area (Å²) in [5.41, 5.74) is 2.89. The number of fused-ring (bicyclic) bond motifs is 1. The average Bonchev–Trinajstić information content (AvgIpc) is 2.48. The second kappa shape index (κ2) is 5.93. The third-order valence-corrected chi connectivity index (χ3v) is 4.24. The molecule has 1 aromatic rings. The van der Waals surface area contributed by atoms with Crippen LogP contribution in [0.3, 0.4) is 0 Å². The van der Waals surface area contributed by atoms with E-state index in [4.69, 9.17) is 9.47 Å². The van der Waals surface area contributed by atoms with E-state index in [1.165, 1.54) is 30.4 Å². The van der Waals surface area contributed by atoms with Crippen LogP contribution in [-0.2, 0) is 17.7 Å². The van der Waals surface area contributed by atoms with Gasteiger partial charge in [0.2, 0.25) is 0 Å². The number of ether oxygens (including phenoxy) is 2. The molecule has 0 bridgehead atoms. The molecule has 1 aromatic carbocycles. The number of hydrogen-bond acceptors (Lipinski definition) is 3. The predicted octanol–water partition coefficient (Wildman–Crippen LogP) is 2.62. The molecule has 0 aliphatic carbocycles. The van der Waals surface area contributed by atoms with E-state index in [9.17, 15) is 0 Å². The van der Waals surface area contributed by atoms with Crippen LogP contribution in [0, 0.1) is 0 Å². The lowest BCUT2D eigenvalue weighted by atomic mass is 9.98. The van der Waals surface area contributed by atoms with Gasteiger partial charge in [-0.3, -0.25) is 4.90 Å². The Labute approximate surface area is 115 Å². The lowest BCUT2D eigenvalue weighted by Gasteiger charge is -2.33. The monoisotopic (exact) mass is 261 g/mol. The van der Waals surface area contributed by atoms with Gasteiger partial charge in [-0.25, -0.2) is 0 Å². The quantitative estimate of drug-likeness (QED) is 0.835. The summed E-state index contributed by atoms with van der Waals surface area (Å²) in [6.07, 6.45) is 5.37. The van der Waals surface area contributed by atoms with Crippen molar-refractivity contribution in [3.05, 3.63) is 29.3 Å². The summed E-state index contributed by atoms with van der Waals surface area (Å²) in [4.78, 5) is 2.53. The van der Waals surface area contributed by atoms with E-state index in [0.29, 0.717) is 6.10 Å². The van der Waals surface area contributed by atoms with Crippen LogP contribution in [0.25, 0.3) is 0 Å². The van der Waals surface area contributed by atoms with Crippen molar-refractivity contribution in [2.45, 2.75) is 38.3 Å². The van der Waals surface area contributed by atoms with Gasteiger partial charge in [-0.1, -0.05) is 6.07 Å². The number of methoxy groups -OCH3 is 1. The van der Waals surface area contributed by atoms with Crippen molar-refractivity contribution in [3.63, 3.8) is 0 Å². The Morgan fingerprint density at radius 3 is 3.05 bits per heavy atom. The fourth-order valence-electron chi connectivity index (χ4n) is 3.11.